The molecule has 2 aromatic rings. The number of methoxy groups -OCH3 is 1. The van der Waals surface area contributed by atoms with Crippen molar-refractivity contribution in [1.29, 1.82) is 0 Å². The molecule has 0 saturated carbocycles. The average molecular weight is 414 g/mol. The van der Waals surface area contributed by atoms with Gasteiger partial charge >= 0.3 is 11.6 Å². The topological polar surface area (TPSA) is 106 Å². The Balaban J connectivity index is 2.31. The summed E-state index contributed by atoms with van der Waals surface area (Å²) in [5, 5.41) is 12.6. The molecule has 0 fully saturated rings. The quantitative estimate of drug-likeness (QED) is 0.640. The lowest BCUT2D eigenvalue weighted by molar-refractivity contribution is -0.141. The van der Waals surface area contributed by atoms with E-state index in [0.717, 1.165) is 0 Å². The standard InChI is InChI=1S/C18H20ClNO6S/c1-9-10-6-12(19)15(25-2)8-14(10)26-18(24)11(9)7-16(21)20-13(17(22)23)4-5-27-3/h6,8,13H,4-5,7H2,1-3H3,(H,20,21)(H,22,23)/t13-/m1/s1. The molecule has 1 amide bonds. The Bertz CT molecular complexity index is 926. The van der Waals surface area contributed by atoms with E-state index in [9.17, 15) is 19.5 Å². The predicted octanol–water partition coefficient (Wildman–Crippen LogP) is 2.63. The van der Waals surface area contributed by atoms with E-state index < -0.39 is 23.5 Å². The molecule has 0 aliphatic rings. The Morgan fingerprint density at radius 3 is 2.70 bits per heavy atom. The van der Waals surface area contributed by atoms with Gasteiger partial charge in [0.05, 0.1) is 24.1 Å². The lowest BCUT2D eigenvalue weighted by Gasteiger charge is -2.14. The molecule has 0 radical (unpaired) electrons. The monoisotopic (exact) mass is 413 g/mol. The highest BCUT2D eigenvalue weighted by atomic mass is 35.5. The Morgan fingerprint density at radius 2 is 2.11 bits per heavy atom. The molecule has 0 aliphatic carbocycles. The fourth-order valence-electron chi connectivity index (χ4n) is 2.65. The molecule has 7 nitrogen and oxygen atoms in total. The molecule has 1 heterocycles. The number of thioether (sulfide) groups is 1. The van der Waals surface area contributed by atoms with Crippen molar-refractivity contribution in [3.05, 3.63) is 38.7 Å². The van der Waals surface area contributed by atoms with E-state index in [2.05, 4.69) is 5.32 Å². The highest BCUT2D eigenvalue weighted by Crippen LogP contribution is 2.31. The fourth-order valence-corrected chi connectivity index (χ4v) is 3.36. The summed E-state index contributed by atoms with van der Waals surface area (Å²) in [6, 6.07) is 2.11. The molecule has 0 saturated heterocycles. The number of carbonyl (C=O) groups is 2. The number of hydrogen-bond donors (Lipinski definition) is 2. The lowest BCUT2D eigenvalue weighted by atomic mass is 10.0. The van der Waals surface area contributed by atoms with E-state index in [1.165, 1.54) is 24.9 Å². The van der Waals surface area contributed by atoms with Crippen LogP contribution >= 0.6 is 23.4 Å². The van der Waals surface area contributed by atoms with Gasteiger partial charge < -0.3 is 19.6 Å². The van der Waals surface area contributed by atoms with Gasteiger partial charge in [-0.15, -0.1) is 0 Å². The summed E-state index contributed by atoms with van der Waals surface area (Å²) in [6.07, 6.45) is 1.87. The number of aryl methyl sites for hydroxylation is 1. The van der Waals surface area contributed by atoms with Crippen molar-refractivity contribution < 1.29 is 23.8 Å². The van der Waals surface area contributed by atoms with Crippen LogP contribution in [0.2, 0.25) is 5.02 Å². The number of carbonyl (C=O) groups excluding carboxylic acids is 1. The van der Waals surface area contributed by atoms with E-state index in [1.54, 1.807) is 13.0 Å². The second-order valence-electron chi connectivity index (χ2n) is 5.89. The number of fused-ring (bicyclic) bond motifs is 1. The van der Waals surface area contributed by atoms with Crippen molar-refractivity contribution in [1.82, 2.24) is 5.32 Å². The number of nitrogens with one attached hydrogen (secondary N) is 1. The van der Waals surface area contributed by atoms with Gasteiger partial charge in [-0.3, -0.25) is 4.79 Å². The first kappa shape index (κ1) is 21.1. The Hall–Kier alpha value is -2.19. The van der Waals surface area contributed by atoms with E-state index in [0.29, 0.717) is 39.5 Å². The normalized spacial score (nSPS) is 12.0. The predicted molar refractivity (Wildman–Crippen MR) is 105 cm³/mol. The zero-order chi connectivity index (χ0) is 20.1. The van der Waals surface area contributed by atoms with Gasteiger partial charge in [0.25, 0.3) is 0 Å². The highest BCUT2D eigenvalue weighted by Gasteiger charge is 2.22. The van der Waals surface area contributed by atoms with Crippen molar-refractivity contribution >= 4 is 46.2 Å². The van der Waals surface area contributed by atoms with Crippen LogP contribution in [0.4, 0.5) is 0 Å². The summed E-state index contributed by atoms with van der Waals surface area (Å²) in [7, 11) is 1.45. The lowest BCUT2D eigenvalue weighted by Crippen LogP contribution is -2.42. The maximum absolute atomic E-state index is 12.3. The number of amides is 1. The van der Waals surface area contributed by atoms with E-state index in [-0.39, 0.29) is 12.0 Å². The van der Waals surface area contributed by atoms with E-state index >= 15 is 0 Å². The summed E-state index contributed by atoms with van der Waals surface area (Å²) in [5.41, 5.74) is 0.356. The van der Waals surface area contributed by atoms with Crippen LogP contribution in [0.15, 0.2) is 21.3 Å². The van der Waals surface area contributed by atoms with Gasteiger partial charge in [0.2, 0.25) is 5.91 Å². The molecule has 1 aromatic carbocycles. The summed E-state index contributed by atoms with van der Waals surface area (Å²) >= 11 is 7.62. The number of benzene rings is 1. The molecule has 1 aromatic heterocycles. The zero-order valence-electron chi connectivity index (χ0n) is 15.1. The molecule has 2 N–H and O–H groups in total. The van der Waals surface area contributed by atoms with Crippen LogP contribution in [-0.2, 0) is 16.0 Å². The third kappa shape index (κ3) is 4.95. The summed E-state index contributed by atoms with van der Waals surface area (Å²) in [5.74, 6) is -0.707. The van der Waals surface area contributed by atoms with Crippen LogP contribution in [0.25, 0.3) is 11.0 Å². The van der Waals surface area contributed by atoms with Gasteiger partial charge in [-0.05, 0) is 37.0 Å². The molecular formula is C18H20ClNO6S. The van der Waals surface area contributed by atoms with Crippen molar-refractivity contribution in [3.8, 4) is 5.75 Å². The van der Waals surface area contributed by atoms with Gasteiger partial charge in [0, 0.05) is 11.5 Å². The molecule has 146 valence electrons. The van der Waals surface area contributed by atoms with Crippen molar-refractivity contribution in [3.63, 3.8) is 0 Å². The Labute approximate surface area is 165 Å². The van der Waals surface area contributed by atoms with Gasteiger partial charge in [-0.25, -0.2) is 9.59 Å². The average Bonchev–Trinajstić information content (AvgIpc) is 2.62. The first-order chi connectivity index (χ1) is 12.8. The van der Waals surface area contributed by atoms with Crippen LogP contribution < -0.4 is 15.7 Å². The van der Waals surface area contributed by atoms with E-state index in [1.807, 2.05) is 6.26 Å². The molecule has 0 bridgehead atoms. The number of carboxylic acids is 1. The molecule has 0 aliphatic heterocycles. The van der Waals surface area contributed by atoms with Gasteiger partial charge in [-0.1, -0.05) is 11.6 Å². The molecule has 27 heavy (non-hydrogen) atoms. The number of carboxylic acid groups (broad SMARTS) is 1. The van der Waals surface area contributed by atoms with Crippen LogP contribution in [0, 0.1) is 6.92 Å². The first-order valence-electron chi connectivity index (χ1n) is 8.09. The number of ether oxygens (including phenoxy) is 1. The first-order valence-corrected chi connectivity index (χ1v) is 9.86. The zero-order valence-corrected chi connectivity index (χ0v) is 16.7. The number of aliphatic carboxylic acids is 1. The Morgan fingerprint density at radius 1 is 1.41 bits per heavy atom. The van der Waals surface area contributed by atoms with Crippen molar-refractivity contribution in [2.45, 2.75) is 25.8 Å². The van der Waals surface area contributed by atoms with Gasteiger partial charge in [0.15, 0.2) is 0 Å². The highest BCUT2D eigenvalue weighted by molar-refractivity contribution is 7.98. The Kier molecular flexibility index (Phi) is 7.15. The third-order valence-electron chi connectivity index (χ3n) is 4.14. The number of rotatable bonds is 8. The third-order valence-corrected chi connectivity index (χ3v) is 5.08. The minimum atomic E-state index is -1.11. The smallest absolute Gasteiger partial charge is 0.340 e. The molecule has 0 spiro atoms. The number of hydrogen-bond acceptors (Lipinski definition) is 6. The SMILES string of the molecule is COc1cc2oc(=O)c(CC(=O)N[C@H](CCSC)C(=O)O)c(C)c2cc1Cl. The fraction of sp³-hybridized carbons (Fsp3) is 0.389. The summed E-state index contributed by atoms with van der Waals surface area (Å²) in [4.78, 5) is 35.9. The van der Waals surface area contributed by atoms with Gasteiger partial charge in [0.1, 0.15) is 17.4 Å². The summed E-state index contributed by atoms with van der Waals surface area (Å²) in [6.45, 7) is 1.69. The second kappa shape index (κ2) is 9.14. The number of halogens is 1. The molecule has 9 heteroatoms. The largest absolute Gasteiger partial charge is 0.495 e. The van der Waals surface area contributed by atoms with Crippen LogP contribution in [0.1, 0.15) is 17.5 Å². The molecule has 1 atom stereocenters. The van der Waals surface area contributed by atoms with Crippen LogP contribution in [0.3, 0.4) is 0 Å². The van der Waals surface area contributed by atoms with Crippen molar-refractivity contribution in [2.75, 3.05) is 19.1 Å². The molecule has 0 unspecified atom stereocenters. The molecular weight excluding hydrogens is 394 g/mol. The van der Waals surface area contributed by atoms with E-state index in [4.69, 9.17) is 20.8 Å². The maximum atomic E-state index is 12.3. The van der Waals surface area contributed by atoms with Crippen LogP contribution in [0.5, 0.6) is 5.75 Å². The minimum Gasteiger partial charge on any atom is -0.495 e. The minimum absolute atomic E-state index is 0.162. The maximum Gasteiger partial charge on any atom is 0.340 e. The van der Waals surface area contributed by atoms with Crippen molar-refractivity contribution in [2.24, 2.45) is 0 Å². The van der Waals surface area contributed by atoms with Crippen LogP contribution in [-0.4, -0.2) is 42.1 Å². The second-order valence-corrected chi connectivity index (χ2v) is 7.29. The molecule has 2 rings (SSSR count). The summed E-state index contributed by atoms with van der Waals surface area (Å²) < 4.78 is 10.4. The van der Waals surface area contributed by atoms with Gasteiger partial charge in [-0.2, -0.15) is 11.8 Å².